The highest BCUT2D eigenvalue weighted by Gasteiger charge is 2.31. The minimum Gasteiger partial charge on any atom is -0.356 e. The highest BCUT2D eigenvalue weighted by Crippen LogP contribution is 2.25. The van der Waals surface area contributed by atoms with Crippen LogP contribution in [0.15, 0.2) is 54.7 Å². The predicted octanol–water partition coefficient (Wildman–Crippen LogP) is 5.19. The molecular weight excluding hydrogens is 472 g/mol. The van der Waals surface area contributed by atoms with Crippen molar-refractivity contribution in [1.29, 1.82) is 0 Å². The molecule has 3 aliphatic heterocycles. The number of rotatable bonds is 5. The third-order valence-electron chi connectivity index (χ3n) is 8.62. The van der Waals surface area contributed by atoms with E-state index in [0.29, 0.717) is 12.1 Å². The van der Waals surface area contributed by atoms with Crippen LogP contribution in [0.4, 0.5) is 11.8 Å². The Hall–Kier alpha value is -3.19. The number of fused-ring (bicyclic) bond motifs is 1. The van der Waals surface area contributed by atoms with Crippen LogP contribution in [0.5, 0.6) is 0 Å². The fourth-order valence-corrected chi connectivity index (χ4v) is 6.47. The predicted molar refractivity (Wildman–Crippen MR) is 154 cm³/mol. The maximum atomic E-state index is 13.2. The molecule has 7 nitrogen and oxygen atoms in total. The molecule has 0 spiro atoms. The van der Waals surface area contributed by atoms with E-state index in [1.54, 1.807) is 0 Å². The second-order valence-corrected chi connectivity index (χ2v) is 11.2. The molecule has 1 N–H and O–H groups in total. The van der Waals surface area contributed by atoms with Gasteiger partial charge in [0.25, 0.3) is 5.91 Å². The number of hydrogen-bond donors (Lipinski definition) is 1. The van der Waals surface area contributed by atoms with Gasteiger partial charge in [0.05, 0.1) is 0 Å². The van der Waals surface area contributed by atoms with Gasteiger partial charge in [0.15, 0.2) is 0 Å². The van der Waals surface area contributed by atoms with Crippen molar-refractivity contribution in [2.24, 2.45) is 0 Å². The molecule has 3 fully saturated rings. The van der Waals surface area contributed by atoms with Crippen molar-refractivity contribution in [3.8, 4) is 0 Å². The van der Waals surface area contributed by atoms with Crippen LogP contribution >= 0.6 is 0 Å². The molecular formula is C31H40N6O. The minimum absolute atomic E-state index is 0.161. The Labute approximate surface area is 226 Å². The molecule has 0 aliphatic carbocycles. The normalized spacial score (nSPS) is 21.8. The average Bonchev–Trinajstić information content (AvgIpc) is 3.27. The van der Waals surface area contributed by atoms with E-state index in [1.807, 2.05) is 35.4 Å². The molecule has 6 rings (SSSR count). The summed E-state index contributed by atoms with van der Waals surface area (Å²) in [6, 6.07) is 17.3. The molecule has 3 aromatic rings. The molecule has 1 aromatic heterocycles. The smallest absolute Gasteiger partial charge is 0.253 e. The maximum Gasteiger partial charge on any atom is 0.253 e. The largest absolute Gasteiger partial charge is 0.356 e. The van der Waals surface area contributed by atoms with Crippen molar-refractivity contribution in [3.63, 3.8) is 0 Å². The molecule has 2 aromatic carbocycles. The van der Waals surface area contributed by atoms with E-state index in [1.165, 1.54) is 37.5 Å². The monoisotopic (exact) mass is 512 g/mol. The molecule has 3 saturated heterocycles. The summed E-state index contributed by atoms with van der Waals surface area (Å²) < 4.78 is 0. The molecule has 1 unspecified atom stereocenters. The van der Waals surface area contributed by atoms with Crippen molar-refractivity contribution in [3.05, 3.63) is 60.3 Å². The number of hydrogen-bond acceptors (Lipinski definition) is 6. The summed E-state index contributed by atoms with van der Waals surface area (Å²) in [5, 5.41) is 5.95. The fourth-order valence-electron chi connectivity index (χ4n) is 6.47. The second kappa shape index (κ2) is 11.7. The molecule has 0 saturated carbocycles. The SMILES string of the molecule is O=C(c1ccc2ccccc2c1)N1CCC(N2CCCC(Nc3nccc(N4CCCCCC4)n3)C2)CC1. The Balaban J connectivity index is 1.03. The van der Waals surface area contributed by atoms with Gasteiger partial charge in [-0.05, 0) is 74.0 Å². The number of nitrogens with zero attached hydrogens (tertiary/aromatic N) is 5. The Morgan fingerprint density at radius 3 is 2.42 bits per heavy atom. The quantitative estimate of drug-likeness (QED) is 0.508. The first-order chi connectivity index (χ1) is 18.7. The van der Waals surface area contributed by atoms with Gasteiger partial charge in [-0.3, -0.25) is 9.69 Å². The Kier molecular flexibility index (Phi) is 7.72. The Morgan fingerprint density at radius 1 is 0.816 bits per heavy atom. The molecule has 200 valence electrons. The molecule has 38 heavy (non-hydrogen) atoms. The third kappa shape index (κ3) is 5.78. The van der Waals surface area contributed by atoms with Gasteiger partial charge in [-0.1, -0.05) is 43.2 Å². The zero-order valence-electron chi connectivity index (χ0n) is 22.4. The van der Waals surface area contributed by atoms with E-state index in [0.717, 1.165) is 81.2 Å². The topological polar surface area (TPSA) is 64.6 Å². The number of amides is 1. The van der Waals surface area contributed by atoms with E-state index < -0.39 is 0 Å². The lowest BCUT2D eigenvalue weighted by atomic mass is 9.97. The zero-order chi connectivity index (χ0) is 25.7. The molecule has 3 aliphatic rings. The van der Waals surface area contributed by atoms with Crippen LogP contribution in [0.3, 0.4) is 0 Å². The Bertz CT molecular complexity index is 1230. The lowest BCUT2D eigenvalue weighted by Crippen LogP contribution is -2.52. The molecule has 0 radical (unpaired) electrons. The minimum atomic E-state index is 0.161. The second-order valence-electron chi connectivity index (χ2n) is 11.2. The van der Waals surface area contributed by atoms with Crippen LogP contribution in [0.2, 0.25) is 0 Å². The van der Waals surface area contributed by atoms with Gasteiger partial charge in [-0.25, -0.2) is 4.98 Å². The molecule has 1 amide bonds. The standard InChI is InChI=1S/C31H40N6O/c38-30(26-12-11-24-8-3-4-9-25(24)22-26)36-20-14-28(15-21-36)37-19-7-10-27(23-37)33-31-32-16-13-29(34-31)35-17-5-1-2-6-18-35/h3-4,8-9,11-13,16,22,27-28H,1-2,5-7,10,14-15,17-21,23H2,(H,32,33,34). The number of carbonyl (C=O) groups excluding carboxylic acids is 1. The van der Waals surface area contributed by atoms with Gasteiger partial charge in [-0.2, -0.15) is 4.98 Å². The van der Waals surface area contributed by atoms with Crippen molar-refractivity contribution in [1.82, 2.24) is 19.8 Å². The summed E-state index contributed by atoms with van der Waals surface area (Å²) in [5.74, 6) is 1.98. The molecule has 1 atom stereocenters. The average molecular weight is 513 g/mol. The zero-order valence-corrected chi connectivity index (χ0v) is 22.4. The first kappa shape index (κ1) is 25.1. The highest BCUT2D eigenvalue weighted by molar-refractivity contribution is 5.98. The van der Waals surface area contributed by atoms with Crippen LogP contribution in [-0.2, 0) is 0 Å². The number of aromatic nitrogens is 2. The van der Waals surface area contributed by atoms with Gasteiger partial charge in [-0.15, -0.1) is 0 Å². The number of nitrogens with one attached hydrogen (secondary N) is 1. The van der Waals surface area contributed by atoms with Crippen LogP contribution in [-0.4, -0.2) is 77.0 Å². The number of likely N-dealkylation sites (tertiary alicyclic amines) is 2. The molecule has 7 heteroatoms. The number of carbonyl (C=O) groups is 1. The van der Waals surface area contributed by atoms with Crippen molar-refractivity contribution >= 4 is 28.4 Å². The fraction of sp³-hybridized carbons (Fsp3) is 0.516. The van der Waals surface area contributed by atoms with Gasteiger partial charge in [0.1, 0.15) is 5.82 Å². The van der Waals surface area contributed by atoms with E-state index >= 15 is 0 Å². The summed E-state index contributed by atoms with van der Waals surface area (Å²) in [7, 11) is 0. The van der Waals surface area contributed by atoms with E-state index in [4.69, 9.17) is 4.98 Å². The molecule has 0 bridgehead atoms. The highest BCUT2D eigenvalue weighted by atomic mass is 16.2. The van der Waals surface area contributed by atoms with Gasteiger partial charge in [0, 0.05) is 56.6 Å². The summed E-state index contributed by atoms with van der Waals surface area (Å²) in [6.45, 7) is 5.99. The first-order valence-electron chi connectivity index (χ1n) is 14.6. The van der Waals surface area contributed by atoms with Crippen LogP contribution in [0.1, 0.15) is 61.7 Å². The summed E-state index contributed by atoms with van der Waals surface area (Å²) >= 11 is 0. The lowest BCUT2D eigenvalue weighted by Gasteiger charge is -2.42. The number of anilines is 2. The van der Waals surface area contributed by atoms with Gasteiger partial charge in [0.2, 0.25) is 5.95 Å². The summed E-state index contributed by atoms with van der Waals surface area (Å²) in [6.07, 6.45) is 11.4. The van der Waals surface area contributed by atoms with Gasteiger partial charge >= 0.3 is 0 Å². The van der Waals surface area contributed by atoms with E-state index in [2.05, 4.69) is 44.4 Å². The van der Waals surface area contributed by atoms with Crippen molar-refractivity contribution in [2.75, 3.05) is 49.5 Å². The number of piperidine rings is 2. The third-order valence-corrected chi connectivity index (χ3v) is 8.62. The Morgan fingerprint density at radius 2 is 1.61 bits per heavy atom. The van der Waals surface area contributed by atoms with Gasteiger partial charge < -0.3 is 15.1 Å². The lowest BCUT2D eigenvalue weighted by molar-refractivity contribution is 0.0580. The maximum absolute atomic E-state index is 13.2. The van der Waals surface area contributed by atoms with Crippen molar-refractivity contribution < 1.29 is 4.79 Å². The molecule has 4 heterocycles. The number of benzene rings is 2. The van der Waals surface area contributed by atoms with E-state index in [9.17, 15) is 4.79 Å². The summed E-state index contributed by atoms with van der Waals surface area (Å²) in [4.78, 5) is 29.8. The summed E-state index contributed by atoms with van der Waals surface area (Å²) in [5.41, 5.74) is 0.798. The van der Waals surface area contributed by atoms with Crippen LogP contribution in [0, 0.1) is 0 Å². The van der Waals surface area contributed by atoms with Crippen LogP contribution < -0.4 is 10.2 Å². The van der Waals surface area contributed by atoms with Crippen molar-refractivity contribution in [2.45, 2.75) is 63.5 Å². The first-order valence-corrected chi connectivity index (χ1v) is 14.6. The van der Waals surface area contributed by atoms with E-state index in [-0.39, 0.29) is 5.91 Å². The van der Waals surface area contributed by atoms with Crippen LogP contribution in [0.25, 0.3) is 10.8 Å².